The fourth-order valence-electron chi connectivity index (χ4n) is 7.71. The molecule has 1 aromatic carbocycles. The van der Waals surface area contributed by atoms with Gasteiger partial charge >= 0.3 is 0 Å². The lowest BCUT2D eigenvalue weighted by atomic mass is 9.53. The molecule has 0 atom stereocenters. The van der Waals surface area contributed by atoms with Gasteiger partial charge in [0.25, 0.3) is 0 Å². The monoisotopic (exact) mass is 588 g/mol. The molecule has 8 heteroatoms. The number of carbonyl (C=O) groups is 1. The summed E-state index contributed by atoms with van der Waals surface area (Å²) in [5.41, 5.74) is 1.96. The van der Waals surface area contributed by atoms with E-state index in [0.717, 1.165) is 73.7 Å². The van der Waals surface area contributed by atoms with Gasteiger partial charge in [0.1, 0.15) is 10.6 Å². The molecule has 5 fully saturated rings. The zero-order chi connectivity index (χ0) is 29.0. The molecule has 2 bridgehead atoms. The van der Waals surface area contributed by atoms with Crippen LogP contribution in [0.4, 0.5) is 5.69 Å². The Kier molecular flexibility index (Phi) is 7.29. The Hall–Kier alpha value is -2.58. The first-order valence-electron chi connectivity index (χ1n) is 16.2. The summed E-state index contributed by atoms with van der Waals surface area (Å²) in [6.07, 6.45) is 15.5. The predicted octanol–water partition coefficient (Wildman–Crippen LogP) is 7.89. The molecule has 0 saturated heterocycles. The predicted molar refractivity (Wildman–Crippen MR) is 164 cm³/mol. The standard InChI is InChI=1S/C34H44N4O3S/c1-32(2,40)31-35-27(21-42-31)25-9-6-10-26(20-25)38(28(39)19-23-7-4-3-5-8-23)22-33-13-16-34(17-14-33,18-15-33)30-36-29(37-41-30)24-11-12-24/h6,9-10,20-21,23-24,40H,3-5,7-8,11-19,22H2,1-2H3. The van der Waals surface area contributed by atoms with Crippen LogP contribution in [0.2, 0.25) is 0 Å². The van der Waals surface area contributed by atoms with Crippen molar-refractivity contribution in [3.05, 3.63) is 46.4 Å². The van der Waals surface area contributed by atoms with E-state index in [4.69, 9.17) is 14.5 Å². The van der Waals surface area contributed by atoms with Crippen molar-refractivity contribution in [1.82, 2.24) is 15.1 Å². The van der Waals surface area contributed by atoms with Crippen LogP contribution in [-0.4, -0.2) is 32.7 Å². The molecule has 5 aliphatic rings. The third-order valence-electron chi connectivity index (χ3n) is 10.7. The lowest BCUT2D eigenvalue weighted by molar-refractivity contribution is -0.120. The summed E-state index contributed by atoms with van der Waals surface area (Å²) >= 11 is 1.48. The van der Waals surface area contributed by atoms with Gasteiger partial charge in [-0.05, 0) is 102 Å². The quantitative estimate of drug-likeness (QED) is 0.273. The van der Waals surface area contributed by atoms with Gasteiger partial charge in [-0.15, -0.1) is 11.3 Å². The number of benzene rings is 1. The van der Waals surface area contributed by atoms with Crippen LogP contribution in [0.15, 0.2) is 34.2 Å². The minimum atomic E-state index is -0.973. The Morgan fingerprint density at radius 2 is 1.79 bits per heavy atom. The second kappa shape index (κ2) is 10.8. The topological polar surface area (TPSA) is 92.3 Å². The van der Waals surface area contributed by atoms with Crippen molar-refractivity contribution in [1.29, 1.82) is 0 Å². The zero-order valence-corrected chi connectivity index (χ0v) is 25.9. The Balaban J connectivity index is 1.13. The average molecular weight is 589 g/mol. The van der Waals surface area contributed by atoms with Crippen LogP contribution in [0.25, 0.3) is 11.3 Å². The highest BCUT2D eigenvalue weighted by atomic mass is 32.1. The van der Waals surface area contributed by atoms with E-state index in [0.29, 0.717) is 23.3 Å². The zero-order valence-electron chi connectivity index (χ0n) is 25.1. The summed E-state index contributed by atoms with van der Waals surface area (Å²) in [5, 5.41) is 17.5. The highest BCUT2D eigenvalue weighted by Gasteiger charge is 2.53. The molecule has 2 aromatic heterocycles. The highest BCUT2D eigenvalue weighted by Crippen LogP contribution is 2.58. The average Bonchev–Trinajstić information content (AvgIpc) is 3.49. The molecule has 7 nitrogen and oxygen atoms in total. The third-order valence-corrected chi connectivity index (χ3v) is 11.9. The maximum atomic E-state index is 14.1. The SMILES string of the molecule is CC(C)(O)c1nc(-c2cccc(N(CC34CCC(c5nc(C6CC6)no5)(CC3)CC4)C(=O)CC3CCCCC3)c2)cs1. The van der Waals surface area contributed by atoms with Gasteiger partial charge in [-0.2, -0.15) is 4.98 Å². The minimum absolute atomic E-state index is 0.0154. The number of carbonyl (C=O) groups excluding carboxylic acids is 1. The number of fused-ring (bicyclic) bond motifs is 3. The number of anilines is 1. The van der Waals surface area contributed by atoms with E-state index < -0.39 is 5.60 Å². The molecule has 1 N–H and O–H groups in total. The fraction of sp³-hybridized carbons (Fsp3) is 0.647. The van der Waals surface area contributed by atoms with Crippen molar-refractivity contribution >= 4 is 22.9 Å². The molecule has 5 saturated carbocycles. The first-order chi connectivity index (χ1) is 20.2. The molecule has 1 amide bonds. The second-order valence-electron chi connectivity index (χ2n) is 14.3. The van der Waals surface area contributed by atoms with E-state index in [1.54, 1.807) is 13.8 Å². The number of nitrogens with zero attached hydrogens (tertiary/aromatic N) is 4. The number of amides is 1. The highest BCUT2D eigenvalue weighted by molar-refractivity contribution is 7.10. The molecule has 224 valence electrons. The number of hydrogen-bond acceptors (Lipinski definition) is 7. The molecule has 0 radical (unpaired) electrons. The maximum Gasteiger partial charge on any atom is 0.232 e. The van der Waals surface area contributed by atoms with Crippen molar-refractivity contribution in [3.8, 4) is 11.3 Å². The van der Waals surface area contributed by atoms with Gasteiger partial charge in [-0.3, -0.25) is 4.79 Å². The third kappa shape index (κ3) is 5.57. The number of hydrogen-bond donors (Lipinski definition) is 1. The lowest BCUT2D eigenvalue weighted by Gasteiger charge is -2.53. The number of aliphatic hydroxyl groups is 1. The van der Waals surface area contributed by atoms with E-state index in [2.05, 4.69) is 28.3 Å². The van der Waals surface area contributed by atoms with Crippen molar-refractivity contribution in [3.63, 3.8) is 0 Å². The number of aromatic nitrogens is 3. The Morgan fingerprint density at radius 1 is 1.05 bits per heavy atom. The largest absolute Gasteiger partial charge is 0.383 e. The molecular weight excluding hydrogens is 544 g/mol. The molecule has 0 unspecified atom stereocenters. The van der Waals surface area contributed by atoms with Gasteiger partial charge in [0, 0.05) is 40.9 Å². The first-order valence-corrected chi connectivity index (χ1v) is 17.0. The second-order valence-corrected chi connectivity index (χ2v) is 15.2. The normalized spacial score (nSPS) is 26.5. The molecule has 5 aliphatic carbocycles. The number of thiazole rings is 1. The van der Waals surface area contributed by atoms with Crippen LogP contribution in [0, 0.1) is 11.3 Å². The first kappa shape index (κ1) is 28.2. The van der Waals surface area contributed by atoms with Crippen molar-refractivity contribution < 1.29 is 14.4 Å². The molecule has 42 heavy (non-hydrogen) atoms. The van der Waals surface area contributed by atoms with E-state index in [-0.39, 0.29) is 16.7 Å². The fourth-order valence-corrected chi connectivity index (χ4v) is 8.56. The maximum absolute atomic E-state index is 14.1. The summed E-state index contributed by atoms with van der Waals surface area (Å²) in [4.78, 5) is 25.9. The van der Waals surface area contributed by atoms with Gasteiger partial charge in [0.15, 0.2) is 5.82 Å². The summed E-state index contributed by atoms with van der Waals surface area (Å²) in [6, 6.07) is 8.33. The van der Waals surface area contributed by atoms with Gasteiger partial charge in [0.2, 0.25) is 11.8 Å². The van der Waals surface area contributed by atoms with Crippen molar-refractivity contribution in [2.24, 2.45) is 11.3 Å². The molecule has 0 aliphatic heterocycles. The van der Waals surface area contributed by atoms with Crippen LogP contribution in [0.3, 0.4) is 0 Å². The van der Waals surface area contributed by atoms with E-state index >= 15 is 0 Å². The van der Waals surface area contributed by atoms with Crippen LogP contribution >= 0.6 is 11.3 Å². The van der Waals surface area contributed by atoms with E-state index in [9.17, 15) is 9.90 Å². The van der Waals surface area contributed by atoms with Crippen molar-refractivity contribution in [2.45, 2.75) is 121 Å². The van der Waals surface area contributed by atoms with Crippen LogP contribution in [0.5, 0.6) is 0 Å². The molecule has 0 spiro atoms. The van der Waals surface area contributed by atoms with Crippen molar-refractivity contribution in [2.75, 3.05) is 11.4 Å². The van der Waals surface area contributed by atoms with E-state index in [1.807, 2.05) is 11.4 Å². The molecule has 8 rings (SSSR count). The van der Waals surface area contributed by atoms with Crippen LogP contribution < -0.4 is 4.90 Å². The van der Waals surface area contributed by atoms with Crippen LogP contribution in [-0.2, 0) is 15.8 Å². The summed E-state index contributed by atoms with van der Waals surface area (Å²) in [5.74, 6) is 3.04. The smallest absolute Gasteiger partial charge is 0.232 e. The molecule has 2 heterocycles. The molecule has 3 aromatic rings. The van der Waals surface area contributed by atoms with Gasteiger partial charge in [-0.1, -0.05) is 36.6 Å². The summed E-state index contributed by atoms with van der Waals surface area (Å²) < 4.78 is 5.86. The summed E-state index contributed by atoms with van der Waals surface area (Å²) in [7, 11) is 0. The number of rotatable bonds is 9. The van der Waals surface area contributed by atoms with Gasteiger partial charge < -0.3 is 14.5 Å². The molecular formula is C34H44N4O3S. The van der Waals surface area contributed by atoms with Crippen LogP contribution in [0.1, 0.15) is 126 Å². The Bertz CT molecular complexity index is 1400. The lowest BCUT2D eigenvalue weighted by Crippen LogP contribution is -2.51. The summed E-state index contributed by atoms with van der Waals surface area (Å²) in [6.45, 7) is 4.30. The minimum Gasteiger partial charge on any atom is -0.383 e. The van der Waals surface area contributed by atoms with Gasteiger partial charge in [-0.25, -0.2) is 4.98 Å². The Labute approximate surface area is 253 Å². The van der Waals surface area contributed by atoms with Gasteiger partial charge in [0.05, 0.1) is 5.69 Å². The van der Waals surface area contributed by atoms with E-state index in [1.165, 1.54) is 56.3 Å². The Morgan fingerprint density at radius 3 is 2.45 bits per heavy atom.